The summed E-state index contributed by atoms with van der Waals surface area (Å²) in [6.07, 6.45) is 3.09. The van der Waals surface area contributed by atoms with E-state index in [-0.39, 0.29) is 18.0 Å². The van der Waals surface area contributed by atoms with E-state index in [9.17, 15) is 13.6 Å². The van der Waals surface area contributed by atoms with Crippen molar-refractivity contribution in [2.24, 2.45) is 0 Å². The summed E-state index contributed by atoms with van der Waals surface area (Å²) >= 11 is 0. The Morgan fingerprint density at radius 1 is 1.33 bits per heavy atom. The van der Waals surface area contributed by atoms with Gasteiger partial charge in [-0.15, -0.1) is 0 Å². The normalized spacial score (nSPS) is 10.8. The number of carbonyl (C=O) groups is 1. The van der Waals surface area contributed by atoms with E-state index in [0.29, 0.717) is 22.3 Å². The smallest absolute Gasteiger partial charge is 0.254 e. The van der Waals surface area contributed by atoms with Crippen molar-refractivity contribution in [2.45, 2.75) is 6.54 Å². The summed E-state index contributed by atoms with van der Waals surface area (Å²) in [7, 11) is 3.01. The fourth-order valence-corrected chi connectivity index (χ4v) is 2.64. The third-order valence-electron chi connectivity index (χ3n) is 3.78. The lowest BCUT2D eigenvalue weighted by molar-refractivity contribution is 0.0964. The van der Waals surface area contributed by atoms with Crippen LogP contribution in [0.2, 0.25) is 0 Å². The number of rotatable bonds is 4. The Morgan fingerprint density at radius 2 is 2.12 bits per heavy atom. The summed E-state index contributed by atoms with van der Waals surface area (Å²) < 4.78 is 34.4. The van der Waals surface area contributed by atoms with Crippen LogP contribution in [-0.4, -0.2) is 29.6 Å². The van der Waals surface area contributed by atoms with Crippen LogP contribution in [-0.2, 0) is 6.54 Å². The molecule has 0 bridgehead atoms. The monoisotopic (exact) mass is 331 g/mol. The molecular formula is C17H15F2N3O2. The fraction of sp³-hybridized carbons (Fsp3) is 0.176. The first-order valence-electron chi connectivity index (χ1n) is 7.23. The van der Waals surface area contributed by atoms with Crippen molar-refractivity contribution < 1.29 is 18.3 Å². The number of hydrogen-bond donors (Lipinski definition) is 1. The molecule has 2 heterocycles. The number of ether oxygens (including phenoxy) is 1. The van der Waals surface area contributed by atoms with E-state index < -0.39 is 11.6 Å². The molecule has 1 N–H and O–H groups in total. The van der Waals surface area contributed by atoms with Crippen molar-refractivity contribution in [3.8, 4) is 5.75 Å². The summed E-state index contributed by atoms with van der Waals surface area (Å²) in [6, 6.07) is 5.64. The first-order chi connectivity index (χ1) is 11.6. The maximum Gasteiger partial charge on any atom is 0.254 e. The molecule has 24 heavy (non-hydrogen) atoms. The third-order valence-corrected chi connectivity index (χ3v) is 3.78. The van der Waals surface area contributed by atoms with Crippen molar-refractivity contribution in [2.75, 3.05) is 14.2 Å². The molecule has 0 radical (unpaired) electrons. The van der Waals surface area contributed by atoms with Gasteiger partial charge >= 0.3 is 0 Å². The quantitative estimate of drug-likeness (QED) is 0.800. The van der Waals surface area contributed by atoms with Gasteiger partial charge in [-0.1, -0.05) is 12.1 Å². The number of benzene rings is 1. The first-order valence-corrected chi connectivity index (χ1v) is 7.23. The summed E-state index contributed by atoms with van der Waals surface area (Å²) in [6.45, 7) is 0.0408. The van der Waals surface area contributed by atoms with E-state index in [0.717, 1.165) is 6.07 Å². The van der Waals surface area contributed by atoms with Gasteiger partial charge in [-0.05, 0) is 6.07 Å². The molecule has 0 saturated carbocycles. The van der Waals surface area contributed by atoms with Crippen LogP contribution in [0.4, 0.5) is 8.78 Å². The van der Waals surface area contributed by atoms with Gasteiger partial charge in [0.1, 0.15) is 16.8 Å². The largest absolute Gasteiger partial charge is 0.494 e. The Hall–Kier alpha value is -2.96. The number of hydrogen-bond acceptors (Lipinski definition) is 3. The SMILES string of the molecule is CNC(=O)c1cn(Cc2cccc(F)c2F)c2c(OC)ccnc12. The second-order valence-electron chi connectivity index (χ2n) is 5.17. The topological polar surface area (TPSA) is 56.2 Å². The zero-order chi connectivity index (χ0) is 17.3. The van der Waals surface area contributed by atoms with Crippen LogP contribution in [0.3, 0.4) is 0 Å². The molecule has 124 valence electrons. The zero-order valence-corrected chi connectivity index (χ0v) is 13.1. The van der Waals surface area contributed by atoms with Crippen molar-refractivity contribution in [1.29, 1.82) is 0 Å². The molecular weight excluding hydrogens is 316 g/mol. The highest BCUT2D eigenvalue weighted by Crippen LogP contribution is 2.29. The van der Waals surface area contributed by atoms with E-state index in [1.807, 2.05) is 0 Å². The number of nitrogens with zero attached hydrogens (tertiary/aromatic N) is 2. The number of fused-ring (bicyclic) bond motifs is 1. The molecule has 0 unspecified atom stereocenters. The van der Waals surface area contributed by atoms with Crippen molar-refractivity contribution in [3.05, 3.63) is 59.4 Å². The summed E-state index contributed by atoms with van der Waals surface area (Å²) in [5, 5.41) is 2.54. The number of nitrogens with one attached hydrogen (secondary N) is 1. The van der Waals surface area contributed by atoms with Gasteiger partial charge < -0.3 is 14.6 Å². The van der Waals surface area contributed by atoms with Crippen LogP contribution in [0.25, 0.3) is 11.0 Å². The number of halogens is 2. The van der Waals surface area contributed by atoms with Gasteiger partial charge in [-0.2, -0.15) is 0 Å². The maximum atomic E-state index is 14.0. The first kappa shape index (κ1) is 15.9. The highest BCUT2D eigenvalue weighted by molar-refractivity contribution is 6.06. The predicted molar refractivity (Wildman–Crippen MR) is 85.1 cm³/mol. The minimum absolute atomic E-state index is 0.0408. The molecule has 0 saturated heterocycles. The lowest BCUT2D eigenvalue weighted by Gasteiger charge is -2.09. The van der Waals surface area contributed by atoms with E-state index in [1.165, 1.54) is 32.5 Å². The van der Waals surface area contributed by atoms with E-state index in [2.05, 4.69) is 10.3 Å². The second-order valence-corrected chi connectivity index (χ2v) is 5.17. The van der Waals surface area contributed by atoms with Gasteiger partial charge in [-0.25, -0.2) is 8.78 Å². The molecule has 3 aromatic rings. The molecule has 0 atom stereocenters. The van der Waals surface area contributed by atoms with E-state index >= 15 is 0 Å². The minimum atomic E-state index is -0.916. The minimum Gasteiger partial charge on any atom is -0.494 e. The van der Waals surface area contributed by atoms with Gasteiger partial charge in [-0.3, -0.25) is 9.78 Å². The standard InChI is InChI=1S/C17H15F2N3O2/c1-20-17(23)11-9-22(8-10-4-3-5-12(18)14(10)19)16-13(24-2)6-7-21-15(11)16/h3-7,9H,8H2,1-2H3,(H,20,23). The zero-order valence-electron chi connectivity index (χ0n) is 13.1. The van der Waals surface area contributed by atoms with Crippen LogP contribution in [0.5, 0.6) is 5.75 Å². The third kappa shape index (κ3) is 2.58. The molecule has 3 rings (SSSR count). The lowest BCUT2D eigenvalue weighted by atomic mass is 10.2. The van der Waals surface area contributed by atoms with Crippen LogP contribution >= 0.6 is 0 Å². The number of methoxy groups -OCH3 is 1. The lowest BCUT2D eigenvalue weighted by Crippen LogP contribution is -2.17. The molecule has 0 aliphatic heterocycles. The highest BCUT2D eigenvalue weighted by atomic mass is 19.2. The molecule has 0 aliphatic carbocycles. The molecule has 7 heteroatoms. The molecule has 0 fully saturated rings. The van der Waals surface area contributed by atoms with Crippen molar-refractivity contribution in [1.82, 2.24) is 14.9 Å². The van der Waals surface area contributed by atoms with Gasteiger partial charge in [0.15, 0.2) is 11.6 Å². The summed E-state index contributed by atoms with van der Waals surface area (Å²) in [4.78, 5) is 16.3. The maximum absolute atomic E-state index is 14.0. The van der Waals surface area contributed by atoms with Crippen LogP contribution in [0.15, 0.2) is 36.7 Å². The number of amides is 1. The van der Waals surface area contributed by atoms with Gasteiger partial charge in [0.05, 0.1) is 19.2 Å². The van der Waals surface area contributed by atoms with Crippen LogP contribution in [0.1, 0.15) is 15.9 Å². The Bertz CT molecular complexity index is 922. The number of aromatic nitrogens is 2. The second kappa shape index (κ2) is 6.27. The molecule has 2 aromatic heterocycles. The average Bonchev–Trinajstić information content (AvgIpc) is 2.97. The predicted octanol–water partition coefficient (Wildman–Crippen LogP) is 2.73. The molecule has 0 spiro atoms. The van der Waals surface area contributed by atoms with Crippen LogP contribution in [0, 0.1) is 11.6 Å². The van der Waals surface area contributed by atoms with Crippen molar-refractivity contribution in [3.63, 3.8) is 0 Å². The number of pyridine rings is 1. The van der Waals surface area contributed by atoms with E-state index in [4.69, 9.17) is 4.74 Å². The summed E-state index contributed by atoms with van der Waals surface area (Å²) in [5.41, 5.74) is 1.48. The molecule has 1 amide bonds. The van der Waals surface area contributed by atoms with Gasteiger partial charge in [0.25, 0.3) is 5.91 Å². The Balaban J connectivity index is 2.20. The Labute approximate surface area is 136 Å². The molecule has 1 aromatic carbocycles. The highest BCUT2D eigenvalue weighted by Gasteiger charge is 2.19. The number of carbonyl (C=O) groups excluding carboxylic acids is 1. The summed E-state index contributed by atoms with van der Waals surface area (Å²) in [5.74, 6) is -1.66. The Morgan fingerprint density at radius 3 is 2.83 bits per heavy atom. The Kier molecular flexibility index (Phi) is 4.16. The van der Waals surface area contributed by atoms with Gasteiger partial charge in [0.2, 0.25) is 0 Å². The van der Waals surface area contributed by atoms with Crippen molar-refractivity contribution >= 4 is 16.9 Å². The average molecular weight is 331 g/mol. The molecule has 5 nitrogen and oxygen atoms in total. The van der Waals surface area contributed by atoms with E-state index in [1.54, 1.807) is 16.8 Å². The fourth-order valence-electron chi connectivity index (χ4n) is 2.64. The van der Waals surface area contributed by atoms with Gasteiger partial charge in [0, 0.05) is 31.1 Å². The van der Waals surface area contributed by atoms with Crippen LogP contribution < -0.4 is 10.1 Å². The molecule has 0 aliphatic rings.